The standard InChI is InChI=1S/C24H44NO2/c1-4-5-6-7-8-9-10-11-12-13-17-20-25(2,3)21-23(26)22-27-24-18-15-14-16-19-24/h14-16,18-19,23,26H,4-13,17,20-22H2,1-3H3/q+1. The van der Waals surface area contributed by atoms with Crippen molar-refractivity contribution in [3.05, 3.63) is 30.3 Å². The Morgan fingerprint density at radius 1 is 0.815 bits per heavy atom. The van der Waals surface area contributed by atoms with E-state index in [4.69, 9.17) is 4.74 Å². The van der Waals surface area contributed by atoms with E-state index in [1.165, 1.54) is 70.6 Å². The molecule has 1 rings (SSSR count). The van der Waals surface area contributed by atoms with Crippen molar-refractivity contribution in [3.8, 4) is 5.75 Å². The van der Waals surface area contributed by atoms with E-state index < -0.39 is 6.10 Å². The monoisotopic (exact) mass is 378 g/mol. The van der Waals surface area contributed by atoms with Crippen LogP contribution in [0.4, 0.5) is 0 Å². The van der Waals surface area contributed by atoms with Crippen LogP contribution in [0.1, 0.15) is 77.6 Å². The average molecular weight is 379 g/mol. The number of aliphatic hydroxyl groups is 1. The minimum Gasteiger partial charge on any atom is -0.491 e. The van der Waals surface area contributed by atoms with Crippen molar-refractivity contribution in [2.24, 2.45) is 0 Å². The molecular formula is C24H44NO2+. The van der Waals surface area contributed by atoms with Crippen molar-refractivity contribution in [2.45, 2.75) is 83.7 Å². The van der Waals surface area contributed by atoms with E-state index >= 15 is 0 Å². The Morgan fingerprint density at radius 2 is 1.33 bits per heavy atom. The van der Waals surface area contributed by atoms with Gasteiger partial charge in [0.1, 0.15) is 25.0 Å². The number of aliphatic hydroxyl groups excluding tert-OH is 1. The number of hydrogen-bond acceptors (Lipinski definition) is 2. The first kappa shape index (κ1) is 24.0. The first-order valence-corrected chi connectivity index (χ1v) is 11.2. The Labute approximate surface area is 168 Å². The van der Waals surface area contributed by atoms with Crippen LogP contribution in [-0.4, -0.2) is 49.5 Å². The van der Waals surface area contributed by atoms with E-state index in [2.05, 4.69) is 21.0 Å². The minimum atomic E-state index is -0.423. The number of benzene rings is 1. The third kappa shape index (κ3) is 13.7. The number of nitrogens with zero attached hydrogens (tertiary/aromatic N) is 1. The molecule has 1 aromatic carbocycles. The normalized spacial score (nSPS) is 12.9. The van der Waals surface area contributed by atoms with Gasteiger partial charge in [-0.05, 0) is 25.0 Å². The van der Waals surface area contributed by atoms with Gasteiger partial charge in [-0.15, -0.1) is 0 Å². The predicted molar refractivity (Wildman–Crippen MR) is 116 cm³/mol. The number of ether oxygens (including phenoxy) is 1. The second kappa shape index (κ2) is 14.9. The highest BCUT2D eigenvalue weighted by molar-refractivity contribution is 5.20. The van der Waals surface area contributed by atoms with Crippen LogP contribution in [0.5, 0.6) is 5.75 Å². The predicted octanol–water partition coefficient (Wildman–Crippen LogP) is 5.81. The topological polar surface area (TPSA) is 29.5 Å². The maximum absolute atomic E-state index is 10.3. The van der Waals surface area contributed by atoms with Crippen molar-refractivity contribution in [1.82, 2.24) is 0 Å². The lowest BCUT2D eigenvalue weighted by molar-refractivity contribution is -0.893. The maximum Gasteiger partial charge on any atom is 0.137 e. The Hall–Kier alpha value is -1.06. The van der Waals surface area contributed by atoms with Crippen LogP contribution in [0.3, 0.4) is 0 Å². The molecule has 156 valence electrons. The molecule has 0 saturated heterocycles. The Kier molecular flexibility index (Phi) is 13.3. The Bertz CT molecular complexity index is 447. The first-order chi connectivity index (χ1) is 13.0. The van der Waals surface area contributed by atoms with E-state index in [0.29, 0.717) is 6.61 Å². The third-order valence-electron chi connectivity index (χ3n) is 5.26. The molecule has 0 fully saturated rings. The van der Waals surface area contributed by atoms with E-state index in [0.717, 1.165) is 23.3 Å². The molecule has 0 spiro atoms. The molecular weight excluding hydrogens is 334 g/mol. The number of unbranched alkanes of at least 4 members (excludes halogenated alkanes) is 10. The fourth-order valence-electron chi connectivity index (χ4n) is 3.63. The number of likely N-dealkylation sites (N-methyl/N-ethyl adjacent to an activating group) is 1. The minimum absolute atomic E-state index is 0.365. The highest BCUT2D eigenvalue weighted by Gasteiger charge is 2.20. The van der Waals surface area contributed by atoms with Crippen molar-refractivity contribution in [3.63, 3.8) is 0 Å². The largest absolute Gasteiger partial charge is 0.491 e. The molecule has 3 nitrogen and oxygen atoms in total. The average Bonchev–Trinajstić information content (AvgIpc) is 2.65. The molecule has 0 aliphatic carbocycles. The smallest absolute Gasteiger partial charge is 0.137 e. The van der Waals surface area contributed by atoms with Gasteiger partial charge in [-0.2, -0.15) is 0 Å². The van der Waals surface area contributed by atoms with Gasteiger partial charge in [0.05, 0.1) is 20.6 Å². The summed E-state index contributed by atoms with van der Waals surface area (Å²) in [5.41, 5.74) is 0. The highest BCUT2D eigenvalue weighted by atomic mass is 16.5. The fourth-order valence-corrected chi connectivity index (χ4v) is 3.63. The molecule has 0 amide bonds. The molecule has 0 heterocycles. The van der Waals surface area contributed by atoms with E-state index in [-0.39, 0.29) is 0 Å². The van der Waals surface area contributed by atoms with E-state index in [9.17, 15) is 5.11 Å². The van der Waals surface area contributed by atoms with E-state index in [1.54, 1.807) is 0 Å². The molecule has 0 aromatic heterocycles. The third-order valence-corrected chi connectivity index (χ3v) is 5.26. The first-order valence-electron chi connectivity index (χ1n) is 11.2. The van der Waals surface area contributed by atoms with Crippen LogP contribution in [0.25, 0.3) is 0 Å². The van der Waals surface area contributed by atoms with Crippen LogP contribution in [0.15, 0.2) is 30.3 Å². The molecule has 3 heteroatoms. The molecule has 1 aromatic rings. The van der Waals surface area contributed by atoms with Crippen molar-refractivity contribution >= 4 is 0 Å². The van der Waals surface area contributed by atoms with Gasteiger partial charge in [-0.3, -0.25) is 0 Å². The van der Waals surface area contributed by atoms with Crippen LogP contribution >= 0.6 is 0 Å². The molecule has 1 atom stereocenters. The lowest BCUT2D eigenvalue weighted by Gasteiger charge is -2.31. The number of rotatable bonds is 17. The molecule has 0 bridgehead atoms. The number of hydrogen-bond donors (Lipinski definition) is 1. The SMILES string of the molecule is CCCCCCCCCCCCC[N+](C)(C)CC(O)COc1ccccc1. The van der Waals surface area contributed by atoms with Crippen LogP contribution in [0.2, 0.25) is 0 Å². The van der Waals surface area contributed by atoms with Gasteiger partial charge < -0.3 is 14.3 Å². The van der Waals surface area contributed by atoms with Crippen LogP contribution in [0, 0.1) is 0 Å². The molecule has 0 saturated carbocycles. The quantitative estimate of drug-likeness (QED) is 0.274. The van der Waals surface area contributed by atoms with Gasteiger partial charge in [-0.1, -0.05) is 82.9 Å². The van der Waals surface area contributed by atoms with Crippen LogP contribution < -0.4 is 4.74 Å². The lowest BCUT2D eigenvalue weighted by atomic mass is 10.1. The summed E-state index contributed by atoms with van der Waals surface area (Å²) in [4.78, 5) is 0. The summed E-state index contributed by atoms with van der Waals surface area (Å²) in [5, 5.41) is 10.3. The highest BCUT2D eigenvalue weighted by Crippen LogP contribution is 2.13. The zero-order valence-corrected chi connectivity index (χ0v) is 18.2. The Morgan fingerprint density at radius 3 is 1.89 bits per heavy atom. The van der Waals surface area contributed by atoms with Gasteiger partial charge in [0, 0.05) is 0 Å². The second-order valence-corrected chi connectivity index (χ2v) is 8.66. The van der Waals surface area contributed by atoms with Gasteiger partial charge in [0.2, 0.25) is 0 Å². The lowest BCUT2D eigenvalue weighted by Crippen LogP contribution is -2.47. The van der Waals surface area contributed by atoms with Crippen LogP contribution in [-0.2, 0) is 0 Å². The second-order valence-electron chi connectivity index (χ2n) is 8.66. The molecule has 27 heavy (non-hydrogen) atoms. The van der Waals surface area contributed by atoms with Gasteiger partial charge >= 0.3 is 0 Å². The summed E-state index contributed by atoms with van der Waals surface area (Å²) in [6.07, 6.45) is 14.7. The van der Waals surface area contributed by atoms with Gasteiger partial charge in [0.15, 0.2) is 0 Å². The summed E-state index contributed by atoms with van der Waals surface area (Å²) >= 11 is 0. The summed E-state index contributed by atoms with van der Waals surface area (Å²) in [6, 6.07) is 9.73. The summed E-state index contributed by atoms with van der Waals surface area (Å²) in [5.74, 6) is 0.826. The van der Waals surface area contributed by atoms with E-state index in [1.807, 2.05) is 30.3 Å². The Balaban J connectivity index is 1.99. The van der Waals surface area contributed by atoms with Crippen molar-refractivity contribution < 1.29 is 14.3 Å². The number of quaternary nitrogens is 1. The summed E-state index contributed by atoms with van der Waals surface area (Å²) < 4.78 is 6.52. The zero-order valence-electron chi connectivity index (χ0n) is 18.2. The number of para-hydroxylation sites is 1. The molecule has 1 unspecified atom stereocenters. The maximum atomic E-state index is 10.3. The van der Waals surface area contributed by atoms with Crippen molar-refractivity contribution in [1.29, 1.82) is 0 Å². The summed E-state index contributed by atoms with van der Waals surface area (Å²) in [7, 11) is 4.42. The summed E-state index contributed by atoms with van der Waals surface area (Å²) in [6.45, 7) is 4.51. The fraction of sp³-hybridized carbons (Fsp3) is 0.750. The van der Waals surface area contributed by atoms with Crippen molar-refractivity contribution in [2.75, 3.05) is 33.8 Å². The molecule has 1 N–H and O–H groups in total. The molecule has 0 radical (unpaired) electrons. The molecule has 0 aliphatic heterocycles. The zero-order chi connectivity index (χ0) is 19.8. The van der Waals surface area contributed by atoms with Gasteiger partial charge in [0.25, 0.3) is 0 Å². The van der Waals surface area contributed by atoms with Gasteiger partial charge in [-0.25, -0.2) is 0 Å². The molecule has 0 aliphatic rings.